The number of carbonyl (C=O) groups is 1. The SMILES string of the molecule is CCCCCOCC(=O)N1CC(O)C1. The average molecular weight is 201 g/mol. The minimum absolute atomic E-state index is 0.00759. The van der Waals surface area contributed by atoms with Gasteiger partial charge in [-0.25, -0.2) is 0 Å². The van der Waals surface area contributed by atoms with Crippen LogP contribution in [0.15, 0.2) is 0 Å². The van der Waals surface area contributed by atoms with Gasteiger partial charge in [-0.3, -0.25) is 4.79 Å². The van der Waals surface area contributed by atoms with Crippen molar-refractivity contribution in [2.24, 2.45) is 0 Å². The van der Waals surface area contributed by atoms with Gasteiger partial charge in [0.15, 0.2) is 0 Å². The number of rotatable bonds is 6. The Bertz CT molecular complexity index is 178. The lowest BCUT2D eigenvalue weighted by Gasteiger charge is -2.35. The van der Waals surface area contributed by atoms with Crippen LogP contribution < -0.4 is 0 Å². The maximum Gasteiger partial charge on any atom is 0.248 e. The number of hydrogen-bond acceptors (Lipinski definition) is 3. The summed E-state index contributed by atoms with van der Waals surface area (Å²) in [7, 11) is 0. The van der Waals surface area contributed by atoms with Crippen molar-refractivity contribution >= 4 is 5.91 Å². The van der Waals surface area contributed by atoms with Crippen molar-refractivity contribution in [3.8, 4) is 0 Å². The third-order valence-electron chi connectivity index (χ3n) is 2.33. The summed E-state index contributed by atoms with van der Waals surface area (Å²) in [5.74, 6) is -0.00759. The monoisotopic (exact) mass is 201 g/mol. The van der Waals surface area contributed by atoms with Crippen LogP contribution in [0.2, 0.25) is 0 Å². The van der Waals surface area contributed by atoms with Crippen molar-refractivity contribution < 1.29 is 14.6 Å². The lowest BCUT2D eigenvalue weighted by Crippen LogP contribution is -2.54. The molecule has 0 atom stereocenters. The minimum Gasteiger partial charge on any atom is -0.389 e. The van der Waals surface area contributed by atoms with E-state index in [1.807, 2.05) is 0 Å². The van der Waals surface area contributed by atoms with E-state index < -0.39 is 0 Å². The van der Waals surface area contributed by atoms with E-state index in [-0.39, 0.29) is 18.6 Å². The molecule has 1 N–H and O–H groups in total. The lowest BCUT2D eigenvalue weighted by atomic mass is 10.2. The van der Waals surface area contributed by atoms with E-state index in [1.54, 1.807) is 4.90 Å². The van der Waals surface area contributed by atoms with Crippen molar-refractivity contribution in [1.82, 2.24) is 4.90 Å². The number of aliphatic hydroxyl groups is 1. The van der Waals surface area contributed by atoms with Crippen LogP contribution in [0.3, 0.4) is 0 Å². The highest BCUT2D eigenvalue weighted by Crippen LogP contribution is 2.07. The smallest absolute Gasteiger partial charge is 0.248 e. The molecule has 0 saturated carbocycles. The van der Waals surface area contributed by atoms with E-state index in [0.29, 0.717) is 19.7 Å². The fourth-order valence-corrected chi connectivity index (χ4v) is 1.36. The quantitative estimate of drug-likeness (QED) is 0.633. The molecule has 82 valence electrons. The molecule has 1 fully saturated rings. The number of hydrogen-bond donors (Lipinski definition) is 1. The summed E-state index contributed by atoms with van der Waals surface area (Å²) in [5.41, 5.74) is 0. The van der Waals surface area contributed by atoms with Gasteiger partial charge in [0, 0.05) is 19.7 Å². The average Bonchev–Trinajstić information content (AvgIpc) is 2.12. The van der Waals surface area contributed by atoms with E-state index in [4.69, 9.17) is 9.84 Å². The molecule has 1 aliphatic heterocycles. The number of amides is 1. The Balaban J connectivity index is 1.93. The molecule has 4 nitrogen and oxygen atoms in total. The Morgan fingerprint density at radius 2 is 2.21 bits per heavy atom. The maximum absolute atomic E-state index is 11.3. The molecule has 1 aliphatic rings. The van der Waals surface area contributed by atoms with Crippen molar-refractivity contribution in [3.05, 3.63) is 0 Å². The zero-order valence-electron chi connectivity index (χ0n) is 8.74. The first-order chi connectivity index (χ1) is 6.74. The highest BCUT2D eigenvalue weighted by Gasteiger charge is 2.28. The van der Waals surface area contributed by atoms with E-state index in [9.17, 15) is 4.79 Å². The number of unbranched alkanes of at least 4 members (excludes halogenated alkanes) is 2. The molecule has 0 aliphatic carbocycles. The highest BCUT2D eigenvalue weighted by molar-refractivity contribution is 5.78. The van der Waals surface area contributed by atoms with Crippen LogP contribution in [0.1, 0.15) is 26.2 Å². The summed E-state index contributed by atoms with van der Waals surface area (Å²) < 4.78 is 5.22. The van der Waals surface area contributed by atoms with Gasteiger partial charge in [0.05, 0.1) is 6.10 Å². The Kier molecular flexibility index (Phi) is 4.90. The van der Waals surface area contributed by atoms with Crippen molar-refractivity contribution in [2.75, 3.05) is 26.3 Å². The van der Waals surface area contributed by atoms with Gasteiger partial charge in [-0.05, 0) is 6.42 Å². The van der Waals surface area contributed by atoms with E-state index in [2.05, 4.69) is 6.92 Å². The molecule has 1 heterocycles. The van der Waals surface area contributed by atoms with Crippen LogP contribution in [-0.2, 0) is 9.53 Å². The molecular weight excluding hydrogens is 182 g/mol. The van der Waals surface area contributed by atoms with Gasteiger partial charge in [-0.15, -0.1) is 0 Å². The van der Waals surface area contributed by atoms with E-state index >= 15 is 0 Å². The van der Waals surface area contributed by atoms with Crippen LogP contribution in [0.4, 0.5) is 0 Å². The molecular formula is C10H19NO3. The van der Waals surface area contributed by atoms with Gasteiger partial charge in [-0.2, -0.15) is 0 Å². The minimum atomic E-state index is -0.320. The number of β-amino-alcohol motifs (C(OH)–C–C–N with tert-alkyl or cyclic N) is 1. The van der Waals surface area contributed by atoms with Gasteiger partial charge in [0.1, 0.15) is 6.61 Å². The van der Waals surface area contributed by atoms with Gasteiger partial charge in [0.2, 0.25) is 5.91 Å². The van der Waals surface area contributed by atoms with Crippen LogP contribution in [-0.4, -0.2) is 48.3 Å². The fraction of sp³-hybridized carbons (Fsp3) is 0.900. The molecule has 14 heavy (non-hydrogen) atoms. The zero-order chi connectivity index (χ0) is 10.4. The van der Waals surface area contributed by atoms with Gasteiger partial charge in [0.25, 0.3) is 0 Å². The summed E-state index contributed by atoms with van der Waals surface area (Å²) in [6.07, 6.45) is 3.01. The Hall–Kier alpha value is -0.610. The van der Waals surface area contributed by atoms with Gasteiger partial charge < -0.3 is 14.7 Å². The first kappa shape index (κ1) is 11.5. The summed E-state index contributed by atoms with van der Waals surface area (Å²) in [6, 6.07) is 0. The molecule has 1 rings (SSSR count). The second-order valence-electron chi connectivity index (χ2n) is 3.71. The predicted octanol–water partition coefficient (Wildman–Crippen LogP) is 0.396. The maximum atomic E-state index is 11.3. The number of carbonyl (C=O) groups excluding carboxylic acids is 1. The molecule has 0 unspecified atom stereocenters. The van der Waals surface area contributed by atoms with Gasteiger partial charge in [-0.1, -0.05) is 19.8 Å². The normalized spacial score (nSPS) is 16.9. The third-order valence-corrected chi connectivity index (χ3v) is 2.33. The number of likely N-dealkylation sites (tertiary alicyclic amines) is 1. The fourth-order valence-electron chi connectivity index (χ4n) is 1.36. The molecule has 1 saturated heterocycles. The molecule has 0 bridgehead atoms. The lowest BCUT2D eigenvalue weighted by molar-refractivity contribution is -0.146. The molecule has 0 aromatic rings. The largest absolute Gasteiger partial charge is 0.389 e. The van der Waals surface area contributed by atoms with Crippen molar-refractivity contribution in [2.45, 2.75) is 32.3 Å². The summed E-state index contributed by atoms with van der Waals surface area (Å²) in [5, 5.41) is 8.97. The first-order valence-corrected chi connectivity index (χ1v) is 5.27. The summed E-state index contributed by atoms with van der Waals surface area (Å²) in [4.78, 5) is 12.9. The third kappa shape index (κ3) is 3.64. The van der Waals surface area contributed by atoms with Crippen molar-refractivity contribution in [1.29, 1.82) is 0 Å². The summed E-state index contributed by atoms with van der Waals surface area (Å²) >= 11 is 0. The Morgan fingerprint density at radius 1 is 1.50 bits per heavy atom. The molecule has 0 radical (unpaired) electrons. The number of ether oxygens (including phenoxy) is 1. The second kappa shape index (κ2) is 5.98. The van der Waals surface area contributed by atoms with Crippen LogP contribution in [0.5, 0.6) is 0 Å². The topological polar surface area (TPSA) is 49.8 Å². The molecule has 1 amide bonds. The van der Waals surface area contributed by atoms with Crippen molar-refractivity contribution in [3.63, 3.8) is 0 Å². The number of nitrogens with zero attached hydrogens (tertiary/aromatic N) is 1. The first-order valence-electron chi connectivity index (χ1n) is 5.27. The predicted molar refractivity (Wildman–Crippen MR) is 52.9 cm³/mol. The molecule has 0 spiro atoms. The Morgan fingerprint density at radius 3 is 2.79 bits per heavy atom. The number of aliphatic hydroxyl groups excluding tert-OH is 1. The van der Waals surface area contributed by atoms with E-state index in [1.165, 1.54) is 0 Å². The zero-order valence-corrected chi connectivity index (χ0v) is 8.74. The second-order valence-corrected chi connectivity index (χ2v) is 3.71. The molecule has 4 heteroatoms. The standard InChI is InChI=1S/C10H19NO3/c1-2-3-4-5-14-8-10(13)11-6-9(12)7-11/h9,12H,2-8H2,1H3. The summed E-state index contributed by atoms with van der Waals surface area (Å²) in [6.45, 7) is 3.90. The van der Waals surface area contributed by atoms with Crippen LogP contribution in [0.25, 0.3) is 0 Å². The molecule has 0 aromatic heterocycles. The van der Waals surface area contributed by atoms with Crippen LogP contribution >= 0.6 is 0 Å². The van der Waals surface area contributed by atoms with Gasteiger partial charge >= 0.3 is 0 Å². The van der Waals surface area contributed by atoms with E-state index in [0.717, 1.165) is 19.3 Å². The van der Waals surface area contributed by atoms with Crippen LogP contribution in [0, 0.1) is 0 Å². The molecule has 0 aromatic carbocycles. The highest BCUT2D eigenvalue weighted by atomic mass is 16.5. The Labute approximate surface area is 84.8 Å².